The smallest absolute Gasteiger partial charge is 0.337 e. The molecule has 0 aliphatic carbocycles. The van der Waals surface area contributed by atoms with Crippen molar-refractivity contribution in [1.82, 2.24) is 20.3 Å². The zero-order valence-corrected chi connectivity index (χ0v) is 40.3. The lowest BCUT2D eigenvalue weighted by Crippen LogP contribution is -2.48. The minimum Gasteiger partial charge on any atom is -0.478 e. The van der Waals surface area contributed by atoms with Gasteiger partial charge in [0.15, 0.2) is 0 Å². The van der Waals surface area contributed by atoms with E-state index in [9.17, 15) is 27.6 Å². The number of nitrogens with zero attached hydrogens (tertiary/aromatic N) is 3. The zero-order valence-electron chi connectivity index (χ0n) is 39.5. The number of aromatic nitrogens is 3. The van der Waals surface area contributed by atoms with Crippen molar-refractivity contribution >= 4 is 61.4 Å². The van der Waals surface area contributed by atoms with Crippen molar-refractivity contribution in [2.75, 3.05) is 0 Å². The van der Waals surface area contributed by atoms with Crippen LogP contribution < -0.4 is 11.1 Å². The molecule has 0 spiro atoms. The first-order chi connectivity index (χ1) is 32.7. The predicted molar refractivity (Wildman–Crippen MR) is 270 cm³/mol. The van der Waals surface area contributed by atoms with Crippen LogP contribution in [0.25, 0.3) is 32.7 Å². The lowest BCUT2D eigenvalue weighted by atomic mass is 9.84. The van der Waals surface area contributed by atoms with Gasteiger partial charge in [-0.1, -0.05) is 125 Å². The Balaban J connectivity index is 0.000000181. The number of rotatable bonds is 12. The molecular formula is C56H57ClF3N5O4. The third kappa shape index (κ3) is 16.0. The van der Waals surface area contributed by atoms with Crippen LogP contribution in [0.4, 0.5) is 13.2 Å². The fraction of sp³-hybridized carbons (Fsp3) is 0.250. The highest BCUT2D eigenvalue weighted by atomic mass is 35.5. The second-order valence-electron chi connectivity index (χ2n) is 18.4. The summed E-state index contributed by atoms with van der Waals surface area (Å²) in [4.78, 5) is 46.0. The normalized spacial score (nSPS) is 12.7. The molecule has 0 unspecified atom stereocenters. The van der Waals surface area contributed by atoms with Crippen LogP contribution >= 0.6 is 11.6 Å². The molecule has 0 bridgehead atoms. The van der Waals surface area contributed by atoms with Gasteiger partial charge in [-0.3, -0.25) is 24.5 Å². The topological polar surface area (TPSA) is 148 Å². The fourth-order valence-corrected chi connectivity index (χ4v) is 8.35. The third-order valence-electron chi connectivity index (χ3n) is 10.8. The Morgan fingerprint density at radius 3 is 1.39 bits per heavy atom. The minimum absolute atomic E-state index is 0.0584. The molecule has 3 heterocycles. The zero-order chi connectivity index (χ0) is 50.3. The van der Waals surface area contributed by atoms with Crippen molar-refractivity contribution in [1.29, 1.82) is 0 Å². The summed E-state index contributed by atoms with van der Waals surface area (Å²) in [6.45, 7) is 12.9. The maximum atomic E-state index is 13.8. The van der Waals surface area contributed by atoms with Gasteiger partial charge in [-0.2, -0.15) is 0 Å². The molecule has 1 amide bonds. The number of hydrogen-bond acceptors (Lipinski definition) is 7. The highest BCUT2D eigenvalue weighted by Crippen LogP contribution is 2.25. The Bertz CT molecular complexity index is 2910. The summed E-state index contributed by atoms with van der Waals surface area (Å²) in [7, 11) is 0. The van der Waals surface area contributed by atoms with Crippen molar-refractivity contribution in [3.8, 4) is 0 Å². The molecule has 8 rings (SSSR count). The second kappa shape index (κ2) is 24.3. The number of carboxylic acids is 1. The summed E-state index contributed by atoms with van der Waals surface area (Å²) in [5.74, 6) is -1.39. The maximum absolute atomic E-state index is 13.8. The van der Waals surface area contributed by atoms with Crippen molar-refractivity contribution in [3.63, 3.8) is 0 Å². The number of pyridine rings is 3. The van der Waals surface area contributed by atoms with Crippen molar-refractivity contribution in [3.05, 3.63) is 197 Å². The Morgan fingerprint density at radius 1 is 0.580 bits per heavy atom. The Labute approximate surface area is 406 Å². The lowest BCUT2D eigenvalue weighted by Gasteiger charge is -2.33. The van der Waals surface area contributed by atoms with Crippen LogP contribution in [-0.2, 0) is 12.8 Å². The van der Waals surface area contributed by atoms with Crippen LogP contribution in [0.1, 0.15) is 96.6 Å². The van der Waals surface area contributed by atoms with Crippen molar-refractivity contribution in [2.24, 2.45) is 17.6 Å². The fourth-order valence-electron chi connectivity index (χ4n) is 8.25. The van der Waals surface area contributed by atoms with E-state index in [1.165, 1.54) is 59.9 Å². The number of carboxylic acid groups (broad SMARTS) is 1. The molecule has 69 heavy (non-hydrogen) atoms. The van der Waals surface area contributed by atoms with E-state index >= 15 is 0 Å². The van der Waals surface area contributed by atoms with Gasteiger partial charge in [-0.05, 0) is 110 Å². The molecule has 8 aromatic rings. The van der Waals surface area contributed by atoms with Crippen molar-refractivity contribution < 1.29 is 32.7 Å². The summed E-state index contributed by atoms with van der Waals surface area (Å²) in [5.41, 5.74) is 9.79. The molecule has 2 atom stereocenters. The van der Waals surface area contributed by atoms with E-state index in [1.54, 1.807) is 36.4 Å². The maximum Gasteiger partial charge on any atom is 0.337 e. The van der Waals surface area contributed by atoms with Gasteiger partial charge < -0.3 is 16.2 Å². The van der Waals surface area contributed by atoms with Gasteiger partial charge in [0.05, 0.1) is 16.7 Å². The molecule has 358 valence electrons. The van der Waals surface area contributed by atoms with E-state index in [-0.39, 0.29) is 50.5 Å². The average molecular weight is 957 g/mol. The first-order valence-corrected chi connectivity index (χ1v) is 22.9. The van der Waals surface area contributed by atoms with Crippen LogP contribution in [0.3, 0.4) is 0 Å². The molecule has 3 aromatic heterocycles. The van der Waals surface area contributed by atoms with E-state index in [0.717, 1.165) is 31.9 Å². The molecule has 0 radical (unpaired) electrons. The predicted octanol–water partition coefficient (Wildman–Crippen LogP) is 13.0. The number of hydrogen-bond donors (Lipinski definition) is 3. The summed E-state index contributed by atoms with van der Waals surface area (Å²) < 4.78 is 40.1. The standard InChI is InChI=1S/C23H25FN2O.C13H21N.C10H5ClFNO.C10H6FNO2/c1-16(2)13-23(3,14-17-8-5-4-6-9-17)26-22(27)19-12-18-10-7-11-20(24)21(18)25-15-19;1-11(2)9-13(3,14)10-12-7-5-4-6-8-12;11-10(14)7-4-6-2-1-3-8(12)9(6)13-5-7;11-8-3-1-2-6-4-7(10(13)14)5-12-9(6)8/h4-12,15-16H,13-14H2,1-3H3,(H,26,27);4-8,11H,9-10,14H2,1-3H3;1-5H;1-5H,(H,13,14)/t23-;13-;;/m11../s1. The minimum atomic E-state index is -1.07. The molecule has 5 aromatic carbocycles. The van der Waals surface area contributed by atoms with Crippen molar-refractivity contribution in [2.45, 2.75) is 78.3 Å². The number of fused-ring (bicyclic) bond motifs is 3. The Hall–Kier alpha value is -7.02. The largest absolute Gasteiger partial charge is 0.478 e. The van der Waals surface area contributed by atoms with E-state index in [1.807, 2.05) is 24.3 Å². The summed E-state index contributed by atoms with van der Waals surface area (Å²) in [6, 6.07) is 39.0. The van der Waals surface area contributed by atoms with Crippen LogP contribution in [0.15, 0.2) is 152 Å². The number of benzene rings is 5. The summed E-state index contributed by atoms with van der Waals surface area (Å²) >= 11 is 5.27. The Kier molecular flexibility index (Phi) is 18.7. The number of nitrogens with one attached hydrogen (secondary N) is 1. The molecular weight excluding hydrogens is 899 g/mol. The van der Waals surface area contributed by atoms with Crippen LogP contribution in [0.5, 0.6) is 0 Å². The summed E-state index contributed by atoms with van der Waals surface area (Å²) in [6.07, 6.45) is 7.48. The van der Waals surface area contributed by atoms with Gasteiger partial charge in [0.1, 0.15) is 34.0 Å². The number of carbonyl (C=O) groups is 3. The Morgan fingerprint density at radius 2 is 0.971 bits per heavy atom. The van der Waals surface area contributed by atoms with Gasteiger partial charge in [0, 0.05) is 45.8 Å². The third-order valence-corrected chi connectivity index (χ3v) is 11.0. The number of carbonyl (C=O) groups excluding carboxylic acids is 2. The van der Waals surface area contributed by atoms with Crippen LogP contribution in [0.2, 0.25) is 0 Å². The number of para-hydroxylation sites is 3. The number of aromatic carboxylic acids is 1. The van der Waals surface area contributed by atoms with E-state index < -0.39 is 22.8 Å². The molecule has 13 heteroatoms. The summed E-state index contributed by atoms with van der Waals surface area (Å²) in [5, 5.41) is 13.0. The first-order valence-electron chi connectivity index (χ1n) is 22.5. The molecule has 0 saturated heterocycles. The van der Waals surface area contributed by atoms with Gasteiger partial charge in [-0.25, -0.2) is 18.0 Å². The molecule has 9 nitrogen and oxygen atoms in total. The number of nitrogens with two attached hydrogens (primary N) is 1. The first kappa shape index (κ1) is 52.9. The van der Waals surface area contributed by atoms with Crippen LogP contribution in [0, 0.1) is 29.3 Å². The van der Waals surface area contributed by atoms with Gasteiger partial charge in [-0.15, -0.1) is 0 Å². The number of amides is 1. The quantitative estimate of drug-likeness (QED) is 0.103. The SMILES string of the molecule is CC(C)C[C@@](C)(N)Cc1ccccc1.CC(C)C[C@](C)(Cc1ccccc1)NC(=O)c1cnc2c(F)cccc2c1.O=C(Cl)c1cnc2c(F)cccc2c1.O=C(O)c1cnc2c(F)cccc2c1. The molecule has 0 saturated carbocycles. The van der Waals surface area contributed by atoms with Gasteiger partial charge >= 0.3 is 5.97 Å². The lowest BCUT2D eigenvalue weighted by molar-refractivity contribution is 0.0696. The van der Waals surface area contributed by atoms with E-state index in [2.05, 4.69) is 98.2 Å². The van der Waals surface area contributed by atoms with Crippen LogP contribution in [-0.4, -0.2) is 48.3 Å². The monoisotopic (exact) mass is 955 g/mol. The highest BCUT2D eigenvalue weighted by Gasteiger charge is 2.29. The molecule has 0 aliphatic heterocycles. The second-order valence-corrected chi connectivity index (χ2v) is 18.7. The van der Waals surface area contributed by atoms with Gasteiger partial charge in [0.2, 0.25) is 0 Å². The molecule has 4 N–H and O–H groups in total. The average Bonchev–Trinajstić information content (AvgIpc) is 3.29. The number of halogens is 4. The van der Waals surface area contributed by atoms with E-state index in [0.29, 0.717) is 33.6 Å². The molecule has 0 aliphatic rings. The van der Waals surface area contributed by atoms with Gasteiger partial charge in [0.25, 0.3) is 11.1 Å². The highest BCUT2D eigenvalue weighted by molar-refractivity contribution is 6.67. The molecule has 0 fully saturated rings. The van der Waals surface area contributed by atoms with E-state index in [4.69, 9.17) is 22.4 Å².